The third-order valence-electron chi connectivity index (χ3n) is 3.24. The Kier molecular flexibility index (Phi) is 4.41. The number of aromatic nitrogens is 1. The molecule has 118 valence electrons. The predicted octanol–water partition coefficient (Wildman–Crippen LogP) is 4.40. The first-order valence-electron chi connectivity index (χ1n) is 6.56. The number of benzene rings is 1. The number of rotatable bonds is 3. The van der Waals surface area contributed by atoms with Gasteiger partial charge in [0.2, 0.25) is 0 Å². The molecule has 0 unspecified atom stereocenters. The molecule has 0 aliphatic heterocycles. The summed E-state index contributed by atoms with van der Waals surface area (Å²) in [6, 6.07) is 8.37. The van der Waals surface area contributed by atoms with Crippen molar-refractivity contribution in [3.05, 3.63) is 49.5 Å². The van der Waals surface area contributed by atoms with Crippen molar-refractivity contribution in [2.75, 3.05) is 14.2 Å². The Hall–Kier alpha value is -1.86. The molecule has 5 nitrogen and oxygen atoms in total. The van der Waals surface area contributed by atoms with E-state index in [2.05, 4.69) is 36.8 Å². The van der Waals surface area contributed by atoms with Gasteiger partial charge in [0.05, 0.1) is 24.1 Å². The highest BCUT2D eigenvalue weighted by atomic mass is 79.9. The fourth-order valence-corrected chi connectivity index (χ4v) is 3.48. The Morgan fingerprint density at radius 2 is 1.87 bits per heavy atom. The van der Waals surface area contributed by atoms with Gasteiger partial charge in [0.25, 0.3) is 5.88 Å². The van der Waals surface area contributed by atoms with Crippen molar-refractivity contribution in [2.24, 2.45) is 0 Å². The van der Waals surface area contributed by atoms with E-state index in [4.69, 9.17) is 13.9 Å². The second-order valence-electron chi connectivity index (χ2n) is 4.65. The highest BCUT2D eigenvalue weighted by molar-refractivity contribution is 9.11. The molecule has 0 aliphatic carbocycles. The maximum absolute atomic E-state index is 12.4. The zero-order valence-electron chi connectivity index (χ0n) is 12.2. The minimum Gasteiger partial charge on any atom is -0.491 e. The molecule has 0 saturated heterocycles. The van der Waals surface area contributed by atoms with Gasteiger partial charge in [-0.15, -0.1) is 0 Å². The van der Waals surface area contributed by atoms with Crippen molar-refractivity contribution >= 4 is 42.8 Å². The molecule has 2 heterocycles. The smallest absolute Gasteiger partial charge is 0.257 e. The summed E-state index contributed by atoms with van der Waals surface area (Å²) in [5.74, 6) is 1.18. The van der Waals surface area contributed by atoms with Crippen LogP contribution in [0.15, 0.2) is 48.5 Å². The van der Waals surface area contributed by atoms with Crippen molar-refractivity contribution in [1.29, 1.82) is 0 Å². The van der Waals surface area contributed by atoms with E-state index in [-0.39, 0.29) is 5.43 Å². The van der Waals surface area contributed by atoms with Gasteiger partial charge in [-0.3, -0.25) is 4.79 Å². The monoisotopic (exact) mass is 439 g/mol. The molecule has 0 atom stereocenters. The lowest BCUT2D eigenvalue weighted by Crippen LogP contribution is -2.02. The van der Waals surface area contributed by atoms with Crippen LogP contribution in [0.2, 0.25) is 0 Å². The molecule has 0 aliphatic rings. The fourth-order valence-electron chi connectivity index (χ4n) is 2.18. The average Bonchev–Trinajstić information content (AvgIpc) is 2.55. The van der Waals surface area contributed by atoms with E-state index >= 15 is 0 Å². The van der Waals surface area contributed by atoms with Crippen LogP contribution >= 0.6 is 31.9 Å². The van der Waals surface area contributed by atoms with Gasteiger partial charge in [0, 0.05) is 10.5 Å². The highest BCUT2D eigenvalue weighted by Crippen LogP contribution is 2.32. The van der Waals surface area contributed by atoms with Gasteiger partial charge in [-0.1, -0.05) is 15.9 Å². The van der Waals surface area contributed by atoms with E-state index in [1.807, 2.05) is 6.07 Å². The maximum atomic E-state index is 12.4. The largest absolute Gasteiger partial charge is 0.491 e. The van der Waals surface area contributed by atoms with Crippen LogP contribution in [0, 0.1) is 0 Å². The van der Waals surface area contributed by atoms with E-state index in [1.165, 1.54) is 20.3 Å². The van der Waals surface area contributed by atoms with Crippen LogP contribution in [0.1, 0.15) is 0 Å². The Bertz CT molecular complexity index is 953. The molecular weight excluding hydrogens is 430 g/mol. The number of methoxy groups -OCH3 is 2. The molecule has 0 N–H and O–H groups in total. The van der Waals surface area contributed by atoms with Crippen LogP contribution in [0.4, 0.5) is 0 Å². The lowest BCUT2D eigenvalue weighted by atomic mass is 10.2. The standard InChI is InChI=1S/C16H11Br2NO4/c1-21-13-4-3-11(19-16(13)22-2)14-7-12(20)9-5-8(17)6-10(18)15(9)23-14/h3-7H,1-2H3. The van der Waals surface area contributed by atoms with Crippen molar-refractivity contribution < 1.29 is 13.9 Å². The topological polar surface area (TPSA) is 61.6 Å². The third kappa shape index (κ3) is 2.98. The van der Waals surface area contributed by atoms with Crippen LogP contribution in [0.25, 0.3) is 22.4 Å². The summed E-state index contributed by atoms with van der Waals surface area (Å²) < 4.78 is 17.7. The van der Waals surface area contributed by atoms with Gasteiger partial charge in [-0.05, 0) is 40.2 Å². The first kappa shape index (κ1) is 16.0. The summed E-state index contributed by atoms with van der Waals surface area (Å²) in [4.78, 5) is 16.7. The molecular formula is C16H11Br2NO4. The molecule has 0 amide bonds. The van der Waals surface area contributed by atoms with Crippen molar-refractivity contribution in [3.8, 4) is 23.1 Å². The second kappa shape index (κ2) is 6.33. The molecule has 0 spiro atoms. The molecule has 0 saturated carbocycles. The lowest BCUT2D eigenvalue weighted by Gasteiger charge is -2.09. The predicted molar refractivity (Wildman–Crippen MR) is 94.2 cm³/mol. The van der Waals surface area contributed by atoms with Crippen LogP contribution in [0.3, 0.4) is 0 Å². The van der Waals surface area contributed by atoms with E-state index in [0.717, 1.165) is 4.47 Å². The lowest BCUT2D eigenvalue weighted by molar-refractivity contribution is 0.343. The molecule has 0 fully saturated rings. The number of pyridine rings is 1. The molecule has 0 radical (unpaired) electrons. The third-order valence-corrected chi connectivity index (χ3v) is 4.29. The van der Waals surface area contributed by atoms with Gasteiger partial charge in [-0.2, -0.15) is 0 Å². The molecule has 1 aromatic carbocycles. The molecule has 3 rings (SSSR count). The number of hydrogen-bond donors (Lipinski definition) is 0. The summed E-state index contributed by atoms with van der Waals surface area (Å²) in [7, 11) is 3.03. The molecule has 7 heteroatoms. The zero-order valence-corrected chi connectivity index (χ0v) is 15.4. The fraction of sp³-hybridized carbons (Fsp3) is 0.125. The molecule has 2 aromatic heterocycles. The van der Waals surface area contributed by atoms with Crippen LogP contribution in [-0.2, 0) is 0 Å². The summed E-state index contributed by atoms with van der Waals surface area (Å²) in [5, 5.41) is 0.482. The first-order chi connectivity index (χ1) is 11.0. The minimum atomic E-state index is -0.153. The Morgan fingerprint density at radius 1 is 1.09 bits per heavy atom. The van der Waals surface area contributed by atoms with E-state index in [1.54, 1.807) is 18.2 Å². The number of hydrogen-bond acceptors (Lipinski definition) is 5. The summed E-state index contributed by atoms with van der Waals surface area (Å²) in [6.45, 7) is 0. The van der Waals surface area contributed by atoms with Crippen LogP contribution in [0.5, 0.6) is 11.6 Å². The van der Waals surface area contributed by atoms with Crippen molar-refractivity contribution in [1.82, 2.24) is 4.98 Å². The number of halogens is 2. The zero-order chi connectivity index (χ0) is 16.6. The summed E-state index contributed by atoms with van der Waals surface area (Å²) >= 11 is 6.77. The Morgan fingerprint density at radius 3 is 2.57 bits per heavy atom. The highest BCUT2D eigenvalue weighted by Gasteiger charge is 2.14. The average molecular weight is 441 g/mol. The first-order valence-corrected chi connectivity index (χ1v) is 8.14. The minimum absolute atomic E-state index is 0.153. The molecule has 23 heavy (non-hydrogen) atoms. The Labute approximate surface area is 148 Å². The number of ether oxygens (including phenoxy) is 2. The SMILES string of the molecule is COc1ccc(-c2cc(=O)c3cc(Br)cc(Br)c3o2)nc1OC. The van der Waals surface area contributed by atoms with E-state index < -0.39 is 0 Å². The second-order valence-corrected chi connectivity index (χ2v) is 6.42. The van der Waals surface area contributed by atoms with Gasteiger partial charge < -0.3 is 13.9 Å². The van der Waals surface area contributed by atoms with Crippen LogP contribution < -0.4 is 14.9 Å². The van der Waals surface area contributed by atoms with Gasteiger partial charge in [-0.25, -0.2) is 4.98 Å². The quantitative estimate of drug-likeness (QED) is 0.604. The molecule has 3 aromatic rings. The summed E-state index contributed by atoms with van der Waals surface area (Å²) in [5.41, 5.74) is 0.795. The number of fused-ring (bicyclic) bond motifs is 1. The van der Waals surface area contributed by atoms with Crippen molar-refractivity contribution in [2.45, 2.75) is 0 Å². The number of nitrogens with zero attached hydrogens (tertiary/aromatic N) is 1. The van der Waals surface area contributed by atoms with Crippen molar-refractivity contribution in [3.63, 3.8) is 0 Å². The van der Waals surface area contributed by atoms with Crippen LogP contribution in [-0.4, -0.2) is 19.2 Å². The Balaban J connectivity index is 2.23. The van der Waals surface area contributed by atoms with Gasteiger partial charge in [0.1, 0.15) is 5.69 Å². The van der Waals surface area contributed by atoms with Gasteiger partial charge >= 0.3 is 0 Å². The normalized spacial score (nSPS) is 10.8. The van der Waals surface area contributed by atoms with Gasteiger partial charge in [0.15, 0.2) is 22.5 Å². The summed E-state index contributed by atoms with van der Waals surface area (Å²) in [6.07, 6.45) is 0. The van der Waals surface area contributed by atoms with E-state index in [0.29, 0.717) is 38.5 Å². The van der Waals surface area contributed by atoms with E-state index in [9.17, 15) is 4.79 Å². The maximum Gasteiger partial charge on any atom is 0.257 e. The molecule has 0 bridgehead atoms.